The summed E-state index contributed by atoms with van der Waals surface area (Å²) in [6.45, 7) is 12.3. The van der Waals surface area contributed by atoms with Crippen LogP contribution < -0.4 is 0 Å². The van der Waals surface area contributed by atoms with Crippen molar-refractivity contribution in [2.75, 3.05) is 6.61 Å². The van der Waals surface area contributed by atoms with Crippen LogP contribution in [0.1, 0.15) is 54.4 Å². The Morgan fingerprint density at radius 3 is 2.28 bits per heavy atom. The van der Waals surface area contributed by atoms with Gasteiger partial charge in [0.25, 0.3) is 0 Å². The number of carbonyl (C=O) groups is 1. The monoisotopic (exact) mass is 256 g/mol. The molecule has 0 aliphatic carbocycles. The van der Waals surface area contributed by atoms with E-state index in [1.165, 1.54) is 0 Å². The minimum absolute atomic E-state index is 0.162. The van der Waals surface area contributed by atoms with Crippen molar-refractivity contribution in [3.8, 4) is 0 Å². The summed E-state index contributed by atoms with van der Waals surface area (Å²) in [5, 5.41) is 0. The van der Waals surface area contributed by atoms with Gasteiger partial charge in [0.05, 0.1) is 18.6 Å². The number of hydrogen-bond donors (Lipinski definition) is 0. The lowest BCUT2D eigenvalue weighted by molar-refractivity contribution is -0.158. The van der Waals surface area contributed by atoms with Crippen LogP contribution in [0.2, 0.25) is 0 Å². The second-order valence-corrected chi connectivity index (χ2v) is 5.53. The Bertz CT molecular complexity index is 263. The molecule has 0 amide bonds. The third-order valence-corrected chi connectivity index (χ3v) is 2.57. The number of ether oxygens (including phenoxy) is 2. The summed E-state index contributed by atoms with van der Waals surface area (Å²) >= 11 is 0. The van der Waals surface area contributed by atoms with Crippen LogP contribution >= 0.6 is 0 Å². The molecule has 0 bridgehead atoms. The van der Waals surface area contributed by atoms with Gasteiger partial charge in [-0.2, -0.15) is 0 Å². The van der Waals surface area contributed by atoms with Crippen molar-refractivity contribution in [3.05, 3.63) is 12.2 Å². The zero-order valence-electron chi connectivity index (χ0n) is 12.7. The number of hydrogen-bond acceptors (Lipinski definition) is 3. The lowest BCUT2D eigenvalue weighted by Gasteiger charge is -2.22. The summed E-state index contributed by atoms with van der Waals surface area (Å²) in [5.41, 5.74) is -0.425. The van der Waals surface area contributed by atoms with E-state index in [0.717, 1.165) is 12.8 Å². The smallest absolute Gasteiger partial charge is 0.313 e. The highest BCUT2D eigenvalue weighted by atomic mass is 16.6. The van der Waals surface area contributed by atoms with E-state index in [0.29, 0.717) is 6.61 Å². The van der Waals surface area contributed by atoms with Crippen LogP contribution in [0, 0.1) is 5.92 Å². The van der Waals surface area contributed by atoms with Crippen LogP contribution in [0.3, 0.4) is 0 Å². The lowest BCUT2D eigenvalue weighted by Crippen LogP contribution is -2.27. The molecule has 3 nitrogen and oxygen atoms in total. The van der Waals surface area contributed by atoms with E-state index in [9.17, 15) is 4.79 Å². The maximum Gasteiger partial charge on any atom is 0.313 e. The molecular formula is C15H28O3. The molecule has 0 saturated carbocycles. The highest BCUT2D eigenvalue weighted by Crippen LogP contribution is 2.14. The molecule has 0 aromatic carbocycles. The fourth-order valence-corrected chi connectivity index (χ4v) is 1.32. The third-order valence-electron chi connectivity index (χ3n) is 2.57. The maximum absolute atomic E-state index is 11.9. The third kappa shape index (κ3) is 8.29. The highest BCUT2D eigenvalue weighted by molar-refractivity contribution is 5.74. The van der Waals surface area contributed by atoms with Gasteiger partial charge in [-0.25, -0.2) is 0 Å². The van der Waals surface area contributed by atoms with Crippen molar-refractivity contribution in [1.82, 2.24) is 0 Å². The summed E-state index contributed by atoms with van der Waals surface area (Å²) < 4.78 is 10.9. The van der Waals surface area contributed by atoms with E-state index in [1.54, 1.807) is 0 Å². The van der Waals surface area contributed by atoms with Crippen LogP contribution in [0.15, 0.2) is 12.2 Å². The first-order valence-corrected chi connectivity index (χ1v) is 6.81. The molecule has 0 aliphatic heterocycles. The largest absolute Gasteiger partial charge is 0.460 e. The Hall–Kier alpha value is -0.830. The molecule has 0 aromatic heterocycles. The molecule has 0 rings (SSSR count). The fraction of sp³-hybridized carbons (Fsp3) is 0.800. The van der Waals surface area contributed by atoms with Crippen LogP contribution in [0.25, 0.3) is 0 Å². The Kier molecular flexibility index (Phi) is 7.92. The molecule has 18 heavy (non-hydrogen) atoms. The van der Waals surface area contributed by atoms with Crippen molar-refractivity contribution in [2.45, 2.75) is 66.1 Å². The number of esters is 1. The zero-order valence-corrected chi connectivity index (χ0v) is 12.7. The van der Waals surface area contributed by atoms with E-state index in [-0.39, 0.29) is 18.0 Å². The van der Waals surface area contributed by atoms with E-state index >= 15 is 0 Å². The van der Waals surface area contributed by atoms with Crippen molar-refractivity contribution in [3.63, 3.8) is 0 Å². The molecule has 0 heterocycles. The Labute approximate surface area is 112 Å². The molecule has 0 radical (unpaired) electrons. The molecule has 0 aromatic rings. The van der Waals surface area contributed by atoms with Gasteiger partial charge in [-0.15, -0.1) is 0 Å². The zero-order chi connectivity index (χ0) is 14.2. The molecular weight excluding hydrogens is 228 g/mol. The first-order valence-electron chi connectivity index (χ1n) is 6.81. The van der Waals surface area contributed by atoms with Gasteiger partial charge in [-0.1, -0.05) is 26.0 Å². The first kappa shape index (κ1) is 17.2. The van der Waals surface area contributed by atoms with Gasteiger partial charge >= 0.3 is 5.97 Å². The predicted octanol–water partition coefficient (Wildman–Crippen LogP) is 3.73. The standard InChI is InChI=1S/C15H28O3/c1-7-12(3)17-11-9-10-13(8-2)14(16)18-15(4,5)6/h9-10,12-13H,7-8,11H2,1-6H3/b10-9-/t12-,13?/m1/s1. The van der Waals surface area contributed by atoms with Crippen molar-refractivity contribution < 1.29 is 14.3 Å². The van der Waals surface area contributed by atoms with Crippen LogP contribution in [0.5, 0.6) is 0 Å². The van der Waals surface area contributed by atoms with Crippen LogP contribution in [-0.4, -0.2) is 24.3 Å². The van der Waals surface area contributed by atoms with E-state index in [4.69, 9.17) is 9.47 Å². The maximum atomic E-state index is 11.9. The Morgan fingerprint density at radius 2 is 1.83 bits per heavy atom. The minimum Gasteiger partial charge on any atom is -0.460 e. The topological polar surface area (TPSA) is 35.5 Å². The lowest BCUT2D eigenvalue weighted by atomic mass is 10.1. The quantitative estimate of drug-likeness (QED) is 0.514. The average Bonchev–Trinajstić information content (AvgIpc) is 2.26. The van der Waals surface area contributed by atoms with Gasteiger partial charge in [-0.3, -0.25) is 4.79 Å². The molecule has 0 saturated heterocycles. The molecule has 3 heteroatoms. The summed E-state index contributed by atoms with van der Waals surface area (Å²) in [7, 11) is 0. The van der Waals surface area contributed by atoms with Crippen LogP contribution in [-0.2, 0) is 14.3 Å². The van der Waals surface area contributed by atoms with Crippen LogP contribution in [0.4, 0.5) is 0 Å². The number of rotatable bonds is 7. The number of carbonyl (C=O) groups excluding carboxylic acids is 1. The van der Waals surface area contributed by atoms with Gasteiger partial charge < -0.3 is 9.47 Å². The van der Waals surface area contributed by atoms with Gasteiger partial charge in [-0.05, 0) is 40.5 Å². The SMILES string of the molecule is CCC(/C=C\CO[C@H](C)CC)C(=O)OC(C)(C)C. The average molecular weight is 256 g/mol. The molecule has 0 fully saturated rings. The van der Waals surface area contributed by atoms with Gasteiger partial charge in [0.15, 0.2) is 0 Å². The molecule has 0 spiro atoms. The Balaban J connectivity index is 4.17. The van der Waals surface area contributed by atoms with E-state index < -0.39 is 5.60 Å². The first-order chi connectivity index (χ1) is 8.30. The van der Waals surface area contributed by atoms with Crippen molar-refractivity contribution in [1.29, 1.82) is 0 Å². The normalized spacial score (nSPS) is 15.7. The summed E-state index contributed by atoms with van der Waals surface area (Å²) in [6.07, 6.45) is 5.79. The highest BCUT2D eigenvalue weighted by Gasteiger charge is 2.21. The molecule has 1 unspecified atom stereocenters. The second kappa shape index (κ2) is 8.30. The minimum atomic E-state index is -0.425. The molecule has 2 atom stereocenters. The van der Waals surface area contributed by atoms with Crippen molar-refractivity contribution >= 4 is 5.97 Å². The molecule has 0 aliphatic rings. The fourth-order valence-electron chi connectivity index (χ4n) is 1.32. The van der Waals surface area contributed by atoms with E-state index in [2.05, 4.69) is 6.92 Å². The second-order valence-electron chi connectivity index (χ2n) is 5.53. The van der Waals surface area contributed by atoms with Crippen molar-refractivity contribution in [2.24, 2.45) is 5.92 Å². The molecule has 0 N–H and O–H groups in total. The Morgan fingerprint density at radius 1 is 1.22 bits per heavy atom. The predicted molar refractivity (Wildman–Crippen MR) is 74.5 cm³/mol. The van der Waals surface area contributed by atoms with Gasteiger partial charge in [0, 0.05) is 0 Å². The summed E-state index contributed by atoms with van der Waals surface area (Å²) in [6, 6.07) is 0. The van der Waals surface area contributed by atoms with Gasteiger partial charge in [0.1, 0.15) is 5.60 Å². The molecule has 106 valence electrons. The summed E-state index contributed by atoms with van der Waals surface area (Å²) in [5.74, 6) is -0.338. The van der Waals surface area contributed by atoms with Gasteiger partial charge in [0.2, 0.25) is 0 Å². The van der Waals surface area contributed by atoms with E-state index in [1.807, 2.05) is 46.8 Å². The summed E-state index contributed by atoms with van der Waals surface area (Å²) in [4.78, 5) is 11.9.